The standard InChI is InChI=1S/C26H27ClN6O5/c1-3-33(2)32-22-21(27)24(36)20(15-8-16(26(37)38)10-17(28)9-15)18(23(22)35)11-19(34)31-12-13-4-6-14(7-5-13)25(29)30/h4-10,32H,3,11-12,28H2,1-2H3,(H3,29,30)(H,31,34)(H,37,38). The zero-order chi connectivity index (χ0) is 28.1. The van der Waals surface area contributed by atoms with Gasteiger partial charge in [-0.3, -0.25) is 19.8 Å². The third kappa shape index (κ3) is 6.25. The minimum Gasteiger partial charge on any atom is -0.478 e. The predicted molar refractivity (Wildman–Crippen MR) is 143 cm³/mol. The van der Waals surface area contributed by atoms with Crippen LogP contribution in [-0.2, 0) is 20.9 Å². The molecule has 0 aliphatic heterocycles. The van der Waals surface area contributed by atoms with Gasteiger partial charge in [-0.1, -0.05) is 42.8 Å². The fourth-order valence-corrected chi connectivity index (χ4v) is 3.94. The van der Waals surface area contributed by atoms with Crippen molar-refractivity contribution in [2.24, 2.45) is 5.73 Å². The second-order valence-electron chi connectivity index (χ2n) is 8.54. The molecule has 0 aromatic heterocycles. The van der Waals surface area contributed by atoms with Gasteiger partial charge in [-0.05, 0) is 29.3 Å². The van der Waals surface area contributed by atoms with Gasteiger partial charge in [0.2, 0.25) is 17.5 Å². The summed E-state index contributed by atoms with van der Waals surface area (Å²) in [5.41, 5.74) is 14.8. The molecule has 11 nitrogen and oxygen atoms in total. The van der Waals surface area contributed by atoms with Crippen LogP contribution in [-0.4, -0.2) is 53.0 Å². The third-order valence-corrected chi connectivity index (χ3v) is 6.17. The Morgan fingerprint density at radius 3 is 2.32 bits per heavy atom. The van der Waals surface area contributed by atoms with Gasteiger partial charge in [0.05, 0.1) is 12.0 Å². The topological polar surface area (TPSA) is 192 Å². The van der Waals surface area contributed by atoms with E-state index in [4.69, 9.17) is 28.5 Å². The Morgan fingerprint density at radius 1 is 1.08 bits per heavy atom. The Kier molecular flexibility index (Phi) is 8.66. The van der Waals surface area contributed by atoms with Crippen molar-refractivity contribution in [3.63, 3.8) is 0 Å². The molecule has 0 heterocycles. The predicted octanol–water partition coefficient (Wildman–Crippen LogP) is 1.77. The number of hydrogen-bond acceptors (Lipinski definition) is 8. The molecule has 0 fully saturated rings. The molecule has 3 rings (SSSR count). The highest BCUT2D eigenvalue weighted by molar-refractivity contribution is 6.56. The largest absolute Gasteiger partial charge is 0.478 e. The second kappa shape index (κ2) is 11.7. The number of benzene rings is 2. The van der Waals surface area contributed by atoms with Crippen LogP contribution in [0.2, 0.25) is 0 Å². The van der Waals surface area contributed by atoms with E-state index in [0.717, 1.165) is 5.56 Å². The van der Waals surface area contributed by atoms with Crippen LogP contribution in [0.1, 0.15) is 40.4 Å². The van der Waals surface area contributed by atoms with Crippen molar-refractivity contribution < 1.29 is 24.3 Å². The van der Waals surface area contributed by atoms with E-state index in [-0.39, 0.29) is 51.1 Å². The number of amides is 1. The summed E-state index contributed by atoms with van der Waals surface area (Å²) < 4.78 is 0. The van der Waals surface area contributed by atoms with Crippen LogP contribution in [0.25, 0.3) is 5.57 Å². The lowest BCUT2D eigenvalue weighted by molar-refractivity contribution is -0.122. The number of Topliss-reactive ketones (excluding diaryl/α,β-unsaturated/α-hetero) is 2. The van der Waals surface area contributed by atoms with Gasteiger partial charge in [-0.15, -0.1) is 0 Å². The molecule has 0 unspecified atom stereocenters. The molecule has 2 aromatic rings. The minimum atomic E-state index is -1.28. The highest BCUT2D eigenvalue weighted by Gasteiger charge is 2.36. The molecule has 1 amide bonds. The maximum atomic E-state index is 13.5. The monoisotopic (exact) mass is 538 g/mol. The summed E-state index contributed by atoms with van der Waals surface area (Å²) in [5, 5.41) is 20.8. The summed E-state index contributed by atoms with van der Waals surface area (Å²) in [4.78, 5) is 51.4. The molecule has 38 heavy (non-hydrogen) atoms. The normalized spacial score (nSPS) is 13.7. The molecule has 1 aliphatic carbocycles. The average Bonchev–Trinajstić information content (AvgIpc) is 2.88. The number of aromatic carboxylic acids is 1. The van der Waals surface area contributed by atoms with Crippen molar-refractivity contribution in [3.8, 4) is 0 Å². The van der Waals surface area contributed by atoms with E-state index in [1.54, 1.807) is 36.3 Å². The Morgan fingerprint density at radius 2 is 1.74 bits per heavy atom. The number of carbonyl (C=O) groups excluding carboxylic acids is 3. The van der Waals surface area contributed by atoms with Gasteiger partial charge in [-0.25, -0.2) is 9.80 Å². The number of amidine groups is 1. The fraction of sp³-hybridized carbons (Fsp3) is 0.192. The first-order chi connectivity index (χ1) is 17.9. The number of anilines is 1. The van der Waals surface area contributed by atoms with E-state index in [2.05, 4.69) is 10.7 Å². The molecule has 0 bridgehead atoms. The van der Waals surface area contributed by atoms with Crippen molar-refractivity contribution in [1.82, 2.24) is 15.8 Å². The number of carboxylic acids is 1. The quantitative estimate of drug-likeness (QED) is 0.0859. The molecule has 0 radical (unpaired) electrons. The number of nitrogens with one attached hydrogen (secondary N) is 3. The summed E-state index contributed by atoms with van der Waals surface area (Å²) in [6.07, 6.45) is -0.478. The SMILES string of the molecule is CCN(C)NC1=C(Cl)C(=O)C(c2cc(N)cc(C(=O)O)c2)=C(CC(=O)NCc2ccc(C(=N)N)cc2)C1=O. The van der Waals surface area contributed by atoms with Crippen LogP contribution in [0.15, 0.2) is 58.8 Å². The summed E-state index contributed by atoms with van der Waals surface area (Å²) >= 11 is 6.31. The van der Waals surface area contributed by atoms with Crippen molar-refractivity contribution in [2.75, 3.05) is 19.3 Å². The molecule has 0 saturated carbocycles. The van der Waals surface area contributed by atoms with Crippen LogP contribution in [0.4, 0.5) is 5.69 Å². The maximum Gasteiger partial charge on any atom is 0.335 e. The molecule has 0 saturated heterocycles. The first-order valence-electron chi connectivity index (χ1n) is 11.5. The van der Waals surface area contributed by atoms with Crippen molar-refractivity contribution in [3.05, 3.63) is 81.0 Å². The number of ketones is 2. The number of hydrazine groups is 1. The number of halogens is 1. The number of nitrogens with zero attached hydrogens (tertiary/aromatic N) is 1. The molecule has 0 spiro atoms. The van der Waals surface area contributed by atoms with Gasteiger partial charge in [0.15, 0.2) is 0 Å². The van der Waals surface area contributed by atoms with Crippen molar-refractivity contribution in [1.29, 1.82) is 5.41 Å². The van der Waals surface area contributed by atoms with Gasteiger partial charge in [0.25, 0.3) is 0 Å². The molecule has 2 aromatic carbocycles. The summed E-state index contributed by atoms with van der Waals surface area (Å²) in [7, 11) is 1.65. The maximum absolute atomic E-state index is 13.5. The number of hydrogen-bond donors (Lipinski definition) is 6. The summed E-state index contributed by atoms with van der Waals surface area (Å²) in [6, 6.07) is 10.4. The summed E-state index contributed by atoms with van der Waals surface area (Å²) in [6.45, 7) is 2.40. The first kappa shape index (κ1) is 28.1. The molecule has 0 atom stereocenters. The van der Waals surface area contributed by atoms with Crippen molar-refractivity contribution >= 4 is 52.1 Å². The van der Waals surface area contributed by atoms with Crippen LogP contribution in [0, 0.1) is 5.41 Å². The Hall–Kier alpha value is -4.48. The highest BCUT2D eigenvalue weighted by Crippen LogP contribution is 2.35. The van der Waals surface area contributed by atoms with Crippen LogP contribution in [0.3, 0.4) is 0 Å². The van der Waals surface area contributed by atoms with E-state index in [0.29, 0.717) is 12.1 Å². The highest BCUT2D eigenvalue weighted by atomic mass is 35.5. The molecule has 8 N–H and O–H groups in total. The number of carbonyl (C=O) groups is 4. The molecular formula is C26H27ClN6O5. The summed E-state index contributed by atoms with van der Waals surface area (Å²) in [5.74, 6) is -3.35. The Balaban J connectivity index is 1.99. The molecular weight excluding hydrogens is 512 g/mol. The van der Waals surface area contributed by atoms with Crippen LogP contribution < -0.4 is 22.2 Å². The lowest BCUT2D eigenvalue weighted by Crippen LogP contribution is -2.40. The lowest BCUT2D eigenvalue weighted by Gasteiger charge is -2.26. The van der Waals surface area contributed by atoms with E-state index < -0.39 is 29.9 Å². The second-order valence-corrected chi connectivity index (χ2v) is 8.92. The minimum absolute atomic E-state index is 0.0557. The average molecular weight is 539 g/mol. The number of allylic oxidation sites excluding steroid dienone is 3. The van der Waals surface area contributed by atoms with E-state index in [1.807, 2.05) is 6.92 Å². The van der Waals surface area contributed by atoms with Gasteiger partial charge in [0.1, 0.15) is 16.6 Å². The smallest absolute Gasteiger partial charge is 0.335 e. The number of nitrogens with two attached hydrogens (primary N) is 2. The van der Waals surface area contributed by atoms with Crippen molar-refractivity contribution in [2.45, 2.75) is 19.9 Å². The lowest BCUT2D eigenvalue weighted by atomic mass is 9.85. The van der Waals surface area contributed by atoms with Gasteiger partial charge >= 0.3 is 5.97 Å². The first-order valence-corrected chi connectivity index (χ1v) is 11.8. The third-order valence-electron chi connectivity index (χ3n) is 5.81. The number of carboxylic acid groups (broad SMARTS) is 1. The molecule has 12 heteroatoms. The van der Waals surface area contributed by atoms with E-state index in [1.165, 1.54) is 18.2 Å². The molecule has 198 valence electrons. The Bertz CT molecular complexity index is 1400. The number of nitrogen functional groups attached to an aromatic ring is 2. The van der Waals surface area contributed by atoms with Gasteiger partial charge < -0.3 is 27.3 Å². The Labute approximate surface area is 223 Å². The van der Waals surface area contributed by atoms with Crippen LogP contribution >= 0.6 is 11.6 Å². The van der Waals surface area contributed by atoms with Crippen LogP contribution in [0.5, 0.6) is 0 Å². The van der Waals surface area contributed by atoms with Gasteiger partial charge in [-0.2, -0.15) is 0 Å². The van der Waals surface area contributed by atoms with E-state index >= 15 is 0 Å². The van der Waals surface area contributed by atoms with E-state index in [9.17, 15) is 24.3 Å². The zero-order valence-electron chi connectivity index (χ0n) is 20.7. The molecule has 1 aliphatic rings. The zero-order valence-corrected chi connectivity index (χ0v) is 21.5. The van der Waals surface area contributed by atoms with Gasteiger partial charge in [0, 0.05) is 42.5 Å². The fourth-order valence-electron chi connectivity index (χ4n) is 3.71. The number of rotatable bonds is 10.